The van der Waals surface area contributed by atoms with E-state index in [0.29, 0.717) is 25.9 Å². The summed E-state index contributed by atoms with van der Waals surface area (Å²) in [6.07, 6.45) is 0.509. The largest absolute Gasteiger partial charge is 0.370 e. The minimum atomic E-state index is -0.781. The van der Waals surface area contributed by atoms with Crippen molar-refractivity contribution in [1.29, 1.82) is 5.41 Å². The first-order valence-corrected chi connectivity index (χ1v) is 8.21. The zero-order chi connectivity index (χ0) is 17.9. The van der Waals surface area contributed by atoms with Crippen LogP contribution < -0.4 is 16.4 Å². The first kappa shape index (κ1) is 18.2. The van der Waals surface area contributed by atoms with Crippen molar-refractivity contribution in [1.82, 2.24) is 15.5 Å². The van der Waals surface area contributed by atoms with Crippen molar-refractivity contribution in [3.05, 3.63) is 0 Å². The van der Waals surface area contributed by atoms with Gasteiger partial charge < -0.3 is 21.1 Å². The Morgan fingerprint density at radius 2 is 1.75 bits per heavy atom. The van der Waals surface area contributed by atoms with E-state index in [1.165, 1.54) is 0 Å². The van der Waals surface area contributed by atoms with Crippen LogP contribution in [-0.4, -0.2) is 59.9 Å². The number of guanidine groups is 1. The molecule has 0 aromatic carbocycles. The van der Waals surface area contributed by atoms with E-state index in [4.69, 9.17) is 15.9 Å². The van der Waals surface area contributed by atoms with Crippen LogP contribution in [-0.2, 0) is 19.1 Å². The van der Waals surface area contributed by atoms with Crippen LogP contribution in [0.1, 0.15) is 33.1 Å². The Kier molecular flexibility index (Phi) is 5.76. The number of ether oxygens (including phenoxy) is 1. The monoisotopic (exact) mass is 339 g/mol. The van der Waals surface area contributed by atoms with Gasteiger partial charge >= 0.3 is 0 Å². The molecule has 2 fully saturated rings. The number of nitrogens with one attached hydrogen (secondary N) is 3. The fourth-order valence-electron chi connectivity index (χ4n) is 2.76. The van der Waals surface area contributed by atoms with Crippen molar-refractivity contribution in [2.45, 2.75) is 51.4 Å². The van der Waals surface area contributed by atoms with Crippen LogP contribution in [0.4, 0.5) is 0 Å². The number of carbonyl (C=O) groups excluding carboxylic acids is 3. The Labute approximate surface area is 140 Å². The average Bonchev–Trinajstić information content (AvgIpc) is 3.24. The molecule has 5 N–H and O–H groups in total. The lowest BCUT2D eigenvalue weighted by Crippen LogP contribution is -2.52. The number of imide groups is 1. The Balaban J connectivity index is 1.84. The van der Waals surface area contributed by atoms with Gasteiger partial charge in [0.25, 0.3) is 11.8 Å². The number of morpholine rings is 1. The zero-order valence-electron chi connectivity index (χ0n) is 14.0. The van der Waals surface area contributed by atoms with Crippen LogP contribution in [0, 0.1) is 11.3 Å². The summed E-state index contributed by atoms with van der Waals surface area (Å²) >= 11 is 0. The molecule has 0 bridgehead atoms. The van der Waals surface area contributed by atoms with Crippen molar-refractivity contribution >= 4 is 23.7 Å². The van der Waals surface area contributed by atoms with Gasteiger partial charge in [0.15, 0.2) is 18.2 Å². The molecule has 134 valence electrons. The van der Waals surface area contributed by atoms with Gasteiger partial charge in [0.2, 0.25) is 5.91 Å². The molecular weight excluding hydrogens is 314 g/mol. The van der Waals surface area contributed by atoms with E-state index in [2.05, 4.69) is 10.6 Å². The zero-order valence-corrected chi connectivity index (χ0v) is 14.0. The number of amides is 3. The van der Waals surface area contributed by atoms with Gasteiger partial charge in [-0.1, -0.05) is 13.8 Å². The highest BCUT2D eigenvalue weighted by Gasteiger charge is 2.63. The standard InChI is InChI=1S/C15H25N5O4/c1-8(2)7-9(20-13(22)10-11(24-10)14(20)23)12(21)18-5-3-4-6-19-15(16)17/h8-11H,3-7H2,1-2H3,(H,18,21)(H4,16,17,19)/t9-,10-,11-/m0/s1. The van der Waals surface area contributed by atoms with E-state index in [9.17, 15) is 14.4 Å². The maximum Gasteiger partial charge on any atom is 0.262 e. The molecule has 3 amide bonds. The summed E-state index contributed by atoms with van der Waals surface area (Å²) in [4.78, 5) is 37.8. The second-order valence-electron chi connectivity index (χ2n) is 6.51. The van der Waals surface area contributed by atoms with E-state index in [1.54, 1.807) is 0 Å². The Hall–Kier alpha value is -2.16. The Morgan fingerprint density at radius 1 is 1.21 bits per heavy atom. The molecular formula is C15H25N5O4. The van der Waals surface area contributed by atoms with Crippen LogP contribution in [0.2, 0.25) is 0 Å². The van der Waals surface area contributed by atoms with Crippen LogP contribution >= 0.6 is 0 Å². The first-order chi connectivity index (χ1) is 11.3. The fraction of sp³-hybridized carbons (Fsp3) is 0.733. The molecule has 9 heteroatoms. The predicted octanol–water partition coefficient (Wildman–Crippen LogP) is -1.08. The van der Waals surface area contributed by atoms with Gasteiger partial charge in [-0.2, -0.15) is 0 Å². The summed E-state index contributed by atoms with van der Waals surface area (Å²) in [5.41, 5.74) is 5.17. The predicted molar refractivity (Wildman–Crippen MR) is 85.9 cm³/mol. The number of rotatable bonds is 9. The van der Waals surface area contributed by atoms with Gasteiger partial charge in [-0.25, -0.2) is 0 Å². The van der Waals surface area contributed by atoms with Crippen molar-refractivity contribution in [2.24, 2.45) is 11.7 Å². The third-order valence-corrected chi connectivity index (χ3v) is 3.98. The second-order valence-corrected chi connectivity index (χ2v) is 6.51. The smallest absolute Gasteiger partial charge is 0.262 e. The third kappa shape index (κ3) is 4.22. The van der Waals surface area contributed by atoms with Crippen LogP contribution in [0.5, 0.6) is 0 Å². The molecule has 2 aliphatic rings. The molecule has 0 radical (unpaired) electrons. The Bertz CT molecular complexity index is 516. The molecule has 0 saturated carbocycles. The summed E-state index contributed by atoms with van der Waals surface area (Å²) in [6.45, 7) is 4.88. The van der Waals surface area contributed by atoms with Gasteiger partial charge in [0, 0.05) is 13.1 Å². The van der Waals surface area contributed by atoms with E-state index in [0.717, 1.165) is 11.3 Å². The highest BCUT2D eigenvalue weighted by Crippen LogP contribution is 2.35. The first-order valence-electron chi connectivity index (χ1n) is 8.21. The van der Waals surface area contributed by atoms with E-state index < -0.39 is 30.1 Å². The lowest BCUT2D eigenvalue weighted by Gasteiger charge is -2.27. The molecule has 2 saturated heterocycles. The van der Waals surface area contributed by atoms with Gasteiger partial charge in [-0.05, 0) is 25.2 Å². The van der Waals surface area contributed by atoms with Crippen molar-refractivity contribution in [3.8, 4) is 0 Å². The van der Waals surface area contributed by atoms with Gasteiger partial charge in [-0.15, -0.1) is 0 Å². The molecule has 0 aliphatic carbocycles. The number of likely N-dealkylation sites (tertiary alicyclic amines) is 1. The lowest BCUT2D eigenvalue weighted by atomic mass is 10.0. The van der Waals surface area contributed by atoms with Crippen LogP contribution in [0.25, 0.3) is 0 Å². The SMILES string of the molecule is CC(C)C[C@@H](C(=O)NCCCCNC(=N)N)N1C(=O)[C@H]2O[C@@H]2C1=O. The number of epoxide rings is 1. The maximum atomic E-state index is 12.5. The number of nitrogens with zero attached hydrogens (tertiary/aromatic N) is 1. The van der Waals surface area contributed by atoms with Crippen LogP contribution in [0.3, 0.4) is 0 Å². The summed E-state index contributed by atoms with van der Waals surface area (Å²) in [7, 11) is 0. The molecule has 0 spiro atoms. The van der Waals surface area contributed by atoms with Gasteiger partial charge in [-0.3, -0.25) is 24.7 Å². The fourth-order valence-corrected chi connectivity index (χ4v) is 2.76. The summed E-state index contributed by atoms with van der Waals surface area (Å²) in [5.74, 6) is -1.04. The minimum Gasteiger partial charge on any atom is -0.370 e. The van der Waals surface area contributed by atoms with E-state index in [1.807, 2.05) is 13.8 Å². The summed E-state index contributed by atoms with van der Waals surface area (Å²) < 4.78 is 4.98. The number of unbranched alkanes of at least 4 members (excludes halogenated alkanes) is 1. The van der Waals surface area contributed by atoms with Gasteiger partial charge in [0.05, 0.1) is 0 Å². The summed E-state index contributed by atoms with van der Waals surface area (Å²) in [5, 5.41) is 12.5. The van der Waals surface area contributed by atoms with E-state index >= 15 is 0 Å². The number of hydrogen-bond acceptors (Lipinski definition) is 5. The molecule has 2 rings (SSSR count). The normalized spacial score (nSPS) is 23.2. The molecule has 0 aromatic rings. The molecule has 0 unspecified atom stereocenters. The molecule has 24 heavy (non-hydrogen) atoms. The highest BCUT2D eigenvalue weighted by molar-refractivity contribution is 6.13. The molecule has 9 nitrogen and oxygen atoms in total. The third-order valence-electron chi connectivity index (χ3n) is 3.98. The minimum absolute atomic E-state index is 0.0807. The molecule has 2 heterocycles. The topological polar surface area (TPSA) is 141 Å². The number of carbonyl (C=O) groups is 3. The molecule has 0 aromatic heterocycles. The van der Waals surface area contributed by atoms with E-state index in [-0.39, 0.29) is 17.8 Å². The van der Waals surface area contributed by atoms with Crippen molar-refractivity contribution < 1.29 is 19.1 Å². The van der Waals surface area contributed by atoms with Crippen LogP contribution in [0.15, 0.2) is 0 Å². The Morgan fingerprint density at radius 3 is 2.25 bits per heavy atom. The lowest BCUT2D eigenvalue weighted by molar-refractivity contribution is -0.152. The highest BCUT2D eigenvalue weighted by atomic mass is 16.6. The van der Waals surface area contributed by atoms with Crippen molar-refractivity contribution in [3.63, 3.8) is 0 Å². The number of hydrogen-bond donors (Lipinski definition) is 4. The maximum absolute atomic E-state index is 12.5. The van der Waals surface area contributed by atoms with Crippen molar-refractivity contribution in [2.75, 3.05) is 13.1 Å². The quantitative estimate of drug-likeness (QED) is 0.138. The summed E-state index contributed by atoms with van der Waals surface area (Å²) in [6, 6.07) is -0.781. The number of nitrogens with two attached hydrogens (primary N) is 1. The van der Waals surface area contributed by atoms with Gasteiger partial charge in [0.1, 0.15) is 6.04 Å². The second kappa shape index (κ2) is 7.61. The number of fused-ring (bicyclic) bond motifs is 1. The molecule has 3 atom stereocenters. The average molecular weight is 339 g/mol. The molecule has 2 aliphatic heterocycles.